The molecule has 0 unspecified atom stereocenters. The van der Waals surface area contributed by atoms with Gasteiger partial charge in [0.05, 0.1) is 11.8 Å². The van der Waals surface area contributed by atoms with E-state index in [1.165, 1.54) is 6.07 Å². The molecule has 4 heteroatoms. The van der Waals surface area contributed by atoms with Crippen LogP contribution < -0.4 is 4.57 Å². The van der Waals surface area contributed by atoms with Gasteiger partial charge in [-0.2, -0.15) is 4.57 Å². The van der Waals surface area contributed by atoms with Gasteiger partial charge in [0.15, 0.2) is 5.69 Å². The van der Waals surface area contributed by atoms with Gasteiger partial charge in [-0.15, -0.1) is 0 Å². The minimum Gasteiger partial charge on any atom is -0.248 e. The zero-order valence-corrected chi connectivity index (χ0v) is 10.9. The number of halogens is 2. The summed E-state index contributed by atoms with van der Waals surface area (Å²) in [5, 5.41) is 0. The summed E-state index contributed by atoms with van der Waals surface area (Å²) in [6.07, 6.45) is 1.74. The molecule has 1 heterocycles. The SMILES string of the molecule is Cc1ncc(C)[n+](C)c1-c1cc(F)cc(F)c1C. The molecule has 0 fully saturated rings. The molecule has 1 aromatic carbocycles. The maximum atomic E-state index is 13.6. The molecule has 2 aromatic rings. The van der Waals surface area contributed by atoms with Gasteiger partial charge in [-0.25, -0.2) is 13.8 Å². The second-order valence-corrected chi connectivity index (χ2v) is 4.45. The summed E-state index contributed by atoms with van der Waals surface area (Å²) in [4.78, 5) is 4.25. The molecular weight excluding hydrogens is 234 g/mol. The van der Waals surface area contributed by atoms with Gasteiger partial charge in [-0.05, 0) is 25.5 Å². The number of rotatable bonds is 1. The molecule has 0 saturated carbocycles. The van der Waals surface area contributed by atoms with Crippen LogP contribution >= 0.6 is 0 Å². The van der Waals surface area contributed by atoms with E-state index in [2.05, 4.69) is 4.98 Å². The van der Waals surface area contributed by atoms with Gasteiger partial charge < -0.3 is 0 Å². The molecule has 0 N–H and O–H groups in total. The van der Waals surface area contributed by atoms with Crippen molar-refractivity contribution in [2.24, 2.45) is 7.05 Å². The van der Waals surface area contributed by atoms with Gasteiger partial charge in [-0.3, -0.25) is 0 Å². The smallest absolute Gasteiger partial charge is 0.234 e. The van der Waals surface area contributed by atoms with E-state index < -0.39 is 11.6 Å². The van der Waals surface area contributed by atoms with Crippen LogP contribution in [0.25, 0.3) is 11.3 Å². The van der Waals surface area contributed by atoms with Crippen molar-refractivity contribution in [3.05, 3.63) is 46.9 Å². The van der Waals surface area contributed by atoms with Gasteiger partial charge >= 0.3 is 0 Å². The molecule has 0 aliphatic heterocycles. The lowest BCUT2D eigenvalue weighted by Gasteiger charge is -2.09. The van der Waals surface area contributed by atoms with E-state index >= 15 is 0 Å². The Kier molecular flexibility index (Phi) is 3.11. The van der Waals surface area contributed by atoms with Crippen LogP contribution in [0.1, 0.15) is 17.0 Å². The van der Waals surface area contributed by atoms with Crippen molar-refractivity contribution in [1.82, 2.24) is 4.98 Å². The summed E-state index contributed by atoms with van der Waals surface area (Å²) in [6, 6.07) is 2.25. The van der Waals surface area contributed by atoms with Crippen LogP contribution in [0.3, 0.4) is 0 Å². The van der Waals surface area contributed by atoms with Crippen LogP contribution in [0.4, 0.5) is 8.78 Å². The summed E-state index contributed by atoms with van der Waals surface area (Å²) in [6.45, 7) is 5.38. The number of hydrogen-bond acceptors (Lipinski definition) is 1. The Bertz CT molecular complexity index is 622. The second-order valence-electron chi connectivity index (χ2n) is 4.45. The number of hydrogen-bond donors (Lipinski definition) is 0. The van der Waals surface area contributed by atoms with Crippen LogP contribution in [0.2, 0.25) is 0 Å². The van der Waals surface area contributed by atoms with Crippen molar-refractivity contribution in [2.75, 3.05) is 0 Å². The van der Waals surface area contributed by atoms with Crippen molar-refractivity contribution in [3.8, 4) is 11.3 Å². The van der Waals surface area contributed by atoms with E-state index in [1.54, 1.807) is 13.1 Å². The Morgan fingerprint density at radius 3 is 2.44 bits per heavy atom. The molecule has 2 rings (SSSR count). The van der Waals surface area contributed by atoms with E-state index in [4.69, 9.17) is 0 Å². The third-order valence-electron chi connectivity index (χ3n) is 3.22. The average molecular weight is 249 g/mol. The molecule has 18 heavy (non-hydrogen) atoms. The van der Waals surface area contributed by atoms with Gasteiger partial charge in [0.1, 0.15) is 24.4 Å². The molecule has 2 nitrogen and oxygen atoms in total. The molecule has 0 radical (unpaired) electrons. The molecule has 0 spiro atoms. The fourth-order valence-corrected chi connectivity index (χ4v) is 2.02. The lowest BCUT2D eigenvalue weighted by Crippen LogP contribution is -2.36. The van der Waals surface area contributed by atoms with E-state index in [0.29, 0.717) is 11.1 Å². The Labute approximate surface area is 105 Å². The summed E-state index contributed by atoms with van der Waals surface area (Å²) in [5.74, 6) is -1.11. The maximum absolute atomic E-state index is 13.6. The molecule has 0 amide bonds. The van der Waals surface area contributed by atoms with E-state index in [1.807, 2.05) is 25.5 Å². The van der Waals surface area contributed by atoms with Crippen LogP contribution in [-0.4, -0.2) is 4.98 Å². The van der Waals surface area contributed by atoms with E-state index in [0.717, 1.165) is 23.1 Å². The minimum atomic E-state index is -0.575. The van der Waals surface area contributed by atoms with Gasteiger partial charge in [-0.1, -0.05) is 0 Å². The zero-order chi connectivity index (χ0) is 13.4. The summed E-state index contributed by atoms with van der Waals surface area (Å²) in [7, 11) is 1.86. The standard InChI is InChI=1S/C14H15F2N2/c1-8-7-17-10(3)14(18(8)4)12-5-11(15)6-13(16)9(12)2/h5-7H,1-4H3/q+1. The highest BCUT2D eigenvalue weighted by Crippen LogP contribution is 2.25. The number of aryl methyl sites for hydroxylation is 2. The fraction of sp³-hybridized carbons (Fsp3) is 0.286. The first kappa shape index (κ1) is 12.6. The molecule has 0 aliphatic carbocycles. The van der Waals surface area contributed by atoms with Gasteiger partial charge in [0, 0.05) is 13.0 Å². The highest BCUT2D eigenvalue weighted by Gasteiger charge is 2.21. The van der Waals surface area contributed by atoms with Gasteiger partial charge in [0.25, 0.3) is 0 Å². The van der Waals surface area contributed by atoms with Crippen molar-refractivity contribution < 1.29 is 13.3 Å². The molecular formula is C14H15F2N2+. The Morgan fingerprint density at radius 1 is 1.11 bits per heavy atom. The van der Waals surface area contributed by atoms with Crippen LogP contribution in [-0.2, 0) is 7.05 Å². The van der Waals surface area contributed by atoms with Crippen molar-refractivity contribution in [1.29, 1.82) is 0 Å². The fourth-order valence-electron chi connectivity index (χ4n) is 2.02. The molecule has 0 saturated heterocycles. The Hall–Kier alpha value is -1.84. The average Bonchev–Trinajstić information content (AvgIpc) is 2.30. The first-order chi connectivity index (χ1) is 8.41. The summed E-state index contributed by atoms with van der Waals surface area (Å²) in [5.41, 5.74) is 3.40. The normalized spacial score (nSPS) is 10.8. The highest BCUT2D eigenvalue weighted by molar-refractivity contribution is 5.63. The zero-order valence-electron chi connectivity index (χ0n) is 10.9. The maximum Gasteiger partial charge on any atom is 0.234 e. The van der Waals surface area contributed by atoms with E-state index in [9.17, 15) is 8.78 Å². The molecule has 1 aromatic heterocycles. The first-order valence-corrected chi connectivity index (χ1v) is 5.70. The van der Waals surface area contributed by atoms with Crippen molar-refractivity contribution in [2.45, 2.75) is 20.8 Å². The summed E-state index contributed by atoms with van der Waals surface area (Å²) >= 11 is 0. The molecule has 94 valence electrons. The third-order valence-corrected chi connectivity index (χ3v) is 3.22. The predicted octanol–water partition coefficient (Wildman–Crippen LogP) is 2.78. The quantitative estimate of drug-likeness (QED) is 0.710. The van der Waals surface area contributed by atoms with Crippen molar-refractivity contribution in [3.63, 3.8) is 0 Å². The van der Waals surface area contributed by atoms with Gasteiger partial charge in [0.2, 0.25) is 5.69 Å². The number of benzene rings is 1. The highest BCUT2D eigenvalue weighted by atomic mass is 19.1. The van der Waals surface area contributed by atoms with Crippen molar-refractivity contribution >= 4 is 0 Å². The largest absolute Gasteiger partial charge is 0.248 e. The van der Waals surface area contributed by atoms with Crippen LogP contribution in [0, 0.1) is 32.4 Å². The third kappa shape index (κ3) is 1.98. The Balaban J connectivity index is 2.81. The summed E-state index contributed by atoms with van der Waals surface area (Å²) < 4.78 is 28.9. The number of nitrogens with zero attached hydrogens (tertiary/aromatic N) is 2. The molecule has 0 atom stereocenters. The molecule has 0 bridgehead atoms. The van der Waals surface area contributed by atoms with E-state index in [-0.39, 0.29) is 0 Å². The van der Waals surface area contributed by atoms with Crippen LogP contribution in [0.5, 0.6) is 0 Å². The molecule has 0 aliphatic rings. The monoisotopic (exact) mass is 249 g/mol. The lowest BCUT2D eigenvalue weighted by molar-refractivity contribution is -0.667. The number of aromatic nitrogens is 2. The Morgan fingerprint density at radius 2 is 1.78 bits per heavy atom. The topological polar surface area (TPSA) is 16.8 Å². The second kappa shape index (κ2) is 4.44. The minimum absolute atomic E-state index is 0.433. The lowest BCUT2D eigenvalue weighted by atomic mass is 10.0. The van der Waals surface area contributed by atoms with Crippen LogP contribution in [0.15, 0.2) is 18.3 Å². The predicted molar refractivity (Wildman–Crippen MR) is 65.0 cm³/mol. The first-order valence-electron chi connectivity index (χ1n) is 5.70.